The summed E-state index contributed by atoms with van der Waals surface area (Å²) in [5.41, 5.74) is 0.0612. The Labute approximate surface area is 78.7 Å². The molecule has 0 unspecified atom stereocenters. The molecule has 0 N–H and O–H groups in total. The van der Waals surface area contributed by atoms with Gasteiger partial charge in [0.15, 0.2) is 0 Å². The lowest BCUT2D eigenvalue weighted by Gasteiger charge is -2.00. The molecular weight excluding hydrogens is 196 g/mol. The lowest BCUT2D eigenvalue weighted by molar-refractivity contribution is 0.0600. The highest BCUT2D eigenvalue weighted by atomic mass is 35.5. The Balaban J connectivity index is 3.18. The van der Waals surface area contributed by atoms with E-state index in [2.05, 4.69) is 14.9 Å². The van der Waals surface area contributed by atoms with Gasteiger partial charge in [-0.05, 0) is 11.2 Å². The first-order valence-electron chi connectivity index (χ1n) is 3.26. The number of rotatable bonds is 2. The summed E-state index contributed by atoms with van der Waals surface area (Å²) < 4.78 is 4.41. The Morgan fingerprint density at radius 1 is 1.69 bits per heavy atom. The van der Waals surface area contributed by atoms with Gasteiger partial charge in [-0.1, -0.05) is 11.6 Å². The second kappa shape index (κ2) is 3.95. The Hall–Kier alpha value is -1.49. The van der Waals surface area contributed by atoms with Gasteiger partial charge in [-0.3, -0.25) is 0 Å². The Morgan fingerprint density at radius 3 is 2.92 bits per heavy atom. The number of carbonyl (C=O) groups excluding carboxylic acids is 1. The summed E-state index contributed by atoms with van der Waals surface area (Å²) in [6, 6.07) is 1.22. The second-order valence-corrected chi connectivity index (χ2v) is 2.47. The van der Waals surface area contributed by atoms with Crippen LogP contribution in [0.1, 0.15) is 10.4 Å². The van der Waals surface area contributed by atoms with Crippen molar-refractivity contribution in [3.8, 4) is 0 Å². The molecule has 0 bridgehead atoms. The number of ether oxygens (including phenoxy) is 1. The summed E-state index contributed by atoms with van der Waals surface area (Å²) in [7, 11) is 1.21. The van der Waals surface area contributed by atoms with E-state index in [0.29, 0.717) is 0 Å². The van der Waals surface area contributed by atoms with E-state index in [-0.39, 0.29) is 16.4 Å². The van der Waals surface area contributed by atoms with Crippen molar-refractivity contribution >= 4 is 23.3 Å². The Kier molecular flexibility index (Phi) is 2.92. The summed E-state index contributed by atoms with van der Waals surface area (Å²) >= 11 is 5.57. The van der Waals surface area contributed by atoms with Gasteiger partial charge in [0.2, 0.25) is 0 Å². The quantitative estimate of drug-likeness (QED) is 0.416. The van der Waals surface area contributed by atoms with Crippen LogP contribution < -0.4 is 0 Å². The van der Waals surface area contributed by atoms with Crippen LogP contribution in [-0.2, 0) is 4.74 Å². The van der Waals surface area contributed by atoms with Crippen molar-refractivity contribution in [3.05, 3.63) is 27.9 Å². The first-order valence-corrected chi connectivity index (χ1v) is 3.64. The SMILES string of the molecule is COC(=O)c1cc(N=O)cnc1Cl. The number of carbonyl (C=O) groups is 1. The highest BCUT2D eigenvalue weighted by molar-refractivity contribution is 6.32. The maximum Gasteiger partial charge on any atom is 0.341 e. The first-order chi connectivity index (χ1) is 6.19. The predicted molar refractivity (Wildman–Crippen MR) is 46.0 cm³/mol. The minimum atomic E-state index is -0.650. The lowest BCUT2D eigenvalue weighted by Crippen LogP contribution is -2.02. The van der Waals surface area contributed by atoms with Gasteiger partial charge in [0, 0.05) is 0 Å². The highest BCUT2D eigenvalue weighted by Crippen LogP contribution is 2.19. The minimum Gasteiger partial charge on any atom is -0.465 e. The molecule has 0 radical (unpaired) electrons. The van der Waals surface area contributed by atoms with E-state index in [1.807, 2.05) is 0 Å². The van der Waals surface area contributed by atoms with Crippen molar-refractivity contribution in [2.24, 2.45) is 5.18 Å². The average Bonchev–Trinajstić information content (AvgIpc) is 2.17. The van der Waals surface area contributed by atoms with Gasteiger partial charge < -0.3 is 4.74 Å². The molecule has 1 heterocycles. The monoisotopic (exact) mass is 200 g/mol. The van der Waals surface area contributed by atoms with Crippen molar-refractivity contribution in [3.63, 3.8) is 0 Å². The summed E-state index contributed by atoms with van der Waals surface area (Å²) in [4.78, 5) is 24.7. The highest BCUT2D eigenvalue weighted by Gasteiger charge is 2.12. The molecular formula is C7H5ClN2O3. The van der Waals surface area contributed by atoms with E-state index in [4.69, 9.17) is 11.6 Å². The van der Waals surface area contributed by atoms with Crippen molar-refractivity contribution in [1.29, 1.82) is 0 Å². The molecule has 0 aromatic carbocycles. The third-order valence-electron chi connectivity index (χ3n) is 1.34. The van der Waals surface area contributed by atoms with Crippen LogP contribution in [0.2, 0.25) is 5.15 Å². The number of methoxy groups -OCH3 is 1. The van der Waals surface area contributed by atoms with E-state index < -0.39 is 5.97 Å². The molecule has 68 valence electrons. The molecule has 6 heteroatoms. The van der Waals surface area contributed by atoms with Crippen molar-refractivity contribution in [2.75, 3.05) is 7.11 Å². The van der Waals surface area contributed by atoms with Gasteiger partial charge >= 0.3 is 5.97 Å². The minimum absolute atomic E-state index is 0.0146. The van der Waals surface area contributed by atoms with E-state index >= 15 is 0 Å². The molecule has 0 atom stereocenters. The van der Waals surface area contributed by atoms with E-state index in [1.54, 1.807) is 0 Å². The maximum absolute atomic E-state index is 11.0. The van der Waals surface area contributed by atoms with Crippen LogP contribution in [0.3, 0.4) is 0 Å². The Bertz CT molecular complexity index is 354. The largest absolute Gasteiger partial charge is 0.465 e. The van der Waals surface area contributed by atoms with Crippen molar-refractivity contribution < 1.29 is 9.53 Å². The van der Waals surface area contributed by atoms with Crippen molar-refractivity contribution in [2.45, 2.75) is 0 Å². The first kappa shape index (κ1) is 9.60. The van der Waals surface area contributed by atoms with Gasteiger partial charge in [-0.25, -0.2) is 9.78 Å². The molecule has 5 nitrogen and oxygen atoms in total. The number of nitroso groups, excluding NO2 is 1. The fourth-order valence-corrected chi connectivity index (χ4v) is 0.921. The molecule has 0 spiro atoms. The molecule has 0 aliphatic heterocycles. The van der Waals surface area contributed by atoms with Gasteiger partial charge in [0.05, 0.1) is 18.9 Å². The normalized spacial score (nSPS) is 9.38. The van der Waals surface area contributed by atoms with Crippen LogP contribution in [-0.4, -0.2) is 18.1 Å². The number of esters is 1. The number of nitrogens with zero attached hydrogens (tertiary/aromatic N) is 2. The zero-order chi connectivity index (χ0) is 9.84. The second-order valence-electron chi connectivity index (χ2n) is 2.11. The molecule has 13 heavy (non-hydrogen) atoms. The Morgan fingerprint density at radius 2 is 2.38 bits per heavy atom. The molecule has 0 aliphatic carbocycles. The molecule has 0 saturated heterocycles. The molecule has 0 saturated carbocycles. The third kappa shape index (κ3) is 2.00. The van der Waals surface area contributed by atoms with Gasteiger partial charge in [-0.2, -0.15) is 0 Å². The number of hydrogen-bond donors (Lipinski definition) is 0. The van der Waals surface area contributed by atoms with Gasteiger partial charge in [0.25, 0.3) is 0 Å². The number of pyridine rings is 1. The van der Waals surface area contributed by atoms with E-state index in [0.717, 1.165) is 0 Å². The van der Waals surface area contributed by atoms with Crippen LogP contribution in [0.25, 0.3) is 0 Å². The molecule has 1 rings (SSSR count). The van der Waals surface area contributed by atoms with Crippen LogP contribution in [0.4, 0.5) is 5.69 Å². The van der Waals surface area contributed by atoms with E-state index in [1.165, 1.54) is 19.4 Å². The summed E-state index contributed by atoms with van der Waals surface area (Å²) in [5, 5.41) is 2.60. The topological polar surface area (TPSA) is 68.6 Å². The van der Waals surface area contributed by atoms with Crippen LogP contribution in [0, 0.1) is 4.91 Å². The molecule has 0 aliphatic rings. The van der Waals surface area contributed by atoms with E-state index in [9.17, 15) is 9.70 Å². The molecule has 1 aromatic rings. The predicted octanol–water partition coefficient (Wildman–Crippen LogP) is 1.92. The van der Waals surface area contributed by atoms with Crippen LogP contribution >= 0.6 is 11.6 Å². The van der Waals surface area contributed by atoms with Crippen LogP contribution in [0.5, 0.6) is 0 Å². The summed E-state index contributed by atoms with van der Waals surface area (Å²) in [6.45, 7) is 0. The number of halogens is 1. The number of aromatic nitrogens is 1. The lowest BCUT2D eigenvalue weighted by atomic mass is 10.3. The molecule has 0 fully saturated rings. The third-order valence-corrected chi connectivity index (χ3v) is 1.64. The van der Waals surface area contributed by atoms with Crippen molar-refractivity contribution in [1.82, 2.24) is 4.98 Å². The molecule has 1 aromatic heterocycles. The smallest absolute Gasteiger partial charge is 0.341 e. The fraction of sp³-hybridized carbons (Fsp3) is 0.143. The maximum atomic E-state index is 11.0. The van der Waals surface area contributed by atoms with Gasteiger partial charge in [0.1, 0.15) is 10.8 Å². The zero-order valence-electron chi connectivity index (χ0n) is 6.65. The standard InChI is InChI=1S/C7H5ClN2O3/c1-13-7(11)5-2-4(10-12)3-9-6(5)8/h2-3H,1H3. The fourth-order valence-electron chi connectivity index (χ4n) is 0.740. The van der Waals surface area contributed by atoms with Crippen LogP contribution in [0.15, 0.2) is 17.4 Å². The number of hydrogen-bond acceptors (Lipinski definition) is 5. The molecule has 0 amide bonds. The van der Waals surface area contributed by atoms with Gasteiger partial charge in [-0.15, -0.1) is 4.91 Å². The zero-order valence-corrected chi connectivity index (χ0v) is 7.41. The average molecular weight is 201 g/mol. The summed E-state index contributed by atoms with van der Waals surface area (Å²) in [6.07, 6.45) is 1.17. The summed E-state index contributed by atoms with van der Waals surface area (Å²) in [5.74, 6) is -0.650.